The van der Waals surface area contributed by atoms with E-state index in [4.69, 9.17) is 0 Å². The van der Waals surface area contributed by atoms with Gasteiger partial charge in [-0.15, -0.1) is 0 Å². The lowest BCUT2D eigenvalue weighted by atomic mass is 10.1. The second kappa shape index (κ2) is 7.27. The molecule has 2 rings (SSSR count). The molecule has 8 nitrogen and oxygen atoms in total. The molecule has 2 aromatic heterocycles. The molecule has 0 spiro atoms. The fourth-order valence-electron chi connectivity index (χ4n) is 1.81. The summed E-state index contributed by atoms with van der Waals surface area (Å²) in [5.41, 5.74) is 0. The first kappa shape index (κ1) is 14.0. The predicted octanol–water partition coefficient (Wildman–Crippen LogP) is 1.19. The SMILES string of the molecule is O=C(CCCCCCC(=O)n1cncn1)n1cncn1. The Morgan fingerprint density at radius 3 is 1.55 bits per heavy atom. The predicted molar refractivity (Wildman–Crippen MR) is 69.0 cm³/mol. The minimum absolute atomic E-state index is 0.0545. The third-order valence-electron chi connectivity index (χ3n) is 2.88. The zero-order valence-electron chi connectivity index (χ0n) is 11.1. The Bertz CT molecular complexity index is 484. The molecule has 8 heteroatoms. The van der Waals surface area contributed by atoms with Crippen molar-refractivity contribution in [3.05, 3.63) is 25.3 Å². The van der Waals surface area contributed by atoms with E-state index in [9.17, 15) is 9.59 Å². The van der Waals surface area contributed by atoms with Crippen molar-refractivity contribution >= 4 is 11.8 Å². The van der Waals surface area contributed by atoms with Crippen LogP contribution in [-0.2, 0) is 0 Å². The van der Waals surface area contributed by atoms with Crippen LogP contribution in [0.4, 0.5) is 0 Å². The lowest BCUT2D eigenvalue weighted by molar-refractivity contribution is 0.0869. The molecule has 2 aromatic rings. The van der Waals surface area contributed by atoms with Gasteiger partial charge < -0.3 is 0 Å². The monoisotopic (exact) mass is 276 g/mol. The molecular weight excluding hydrogens is 260 g/mol. The van der Waals surface area contributed by atoms with E-state index < -0.39 is 0 Å². The summed E-state index contributed by atoms with van der Waals surface area (Å²) in [5.74, 6) is -0.109. The van der Waals surface area contributed by atoms with E-state index in [0.29, 0.717) is 12.8 Å². The van der Waals surface area contributed by atoms with Gasteiger partial charge in [0.15, 0.2) is 0 Å². The van der Waals surface area contributed by atoms with Gasteiger partial charge in [0.1, 0.15) is 25.3 Å². The number of hydrogen-bond acceptors (Lipinski definition) is 6. The number of hydrogen-bond donors (Lipinski definition) is 0. The number of unbranched alkanes of at least 4 members (excludes halogenated alkanes) is 3. The van der Waals surface area contributed by atoms with Crippen LogP contribution in [0.25, 0.3) is 0 Å². The Hall–Kier alpha value is -2.38. The first-order chi connectivity index (χ1) is 9.77. The van der Waals surface area contributed by atoms with Crippen molar-refractivity contribution in [2.75, 3.05) is 0 Å². The number of nitrogens with zero attached hydrogens (tertiary/aromatic N) is 6. The van der Waals surface area contributed by atoms with E-state index in [1.54, 1.807) is 0 Å². The number of rotatable bonds is 7. The summed E-state index contributed by atoms with van der Waals surface area (Å²) in [7, 11) is 0. The molecule has 20 heavy (non-hydrogen) atoms. The maximum atomic E-state index is 11.6. The number of carbonyl (C=O) groups excluding carboxylic acids is 2. The van der Waals surface area contributed by atoms with Crippen molar-refractivity contribution in [3.63, 3.8) is 0 Å². The molecule has 0 fully saturated rings. The van der Waals surface area contributed by atoms with E-state index in [1.807, 2.05) is 0 Å². The molecule has 0 radical (unpaired) electrons. The average Bonchev–Trinajstić information content (AvgIpc) is 3.14. The van der Waals surface area contributed by atoms with Gasteiger partial charge in [-0.3, -0.25) is 9.59 Å². The van der Waals surface area contributed by atoms with Crippen LogP contribution in [0.15, 0.2) is 25.3 Å². The molecule has 0 saturated heterocycles. The van der Waals surface area contributed by atoms with E-state index in [-0.39, 0.29) is 11.8 Å². The molecular formula is C12H16N6O2. The summed E-state index contributed by atoms with van der Waals surface area (Å²) >= 11 is 0. The van der Waals surface area contributed by atoms with Crippen LogP contribution < -0.4 is 0 Å². The molecule has 0 aliphatic heterocycles. The van der Waals surface area contributed by atoms with Gasteiger partial charge in [-0.05, 0) is 12.8 Å². The molecule has 0 aromatic carbocycles. The Morgan fingerprint density at radius 2 is 1.20 bits per heavy atom. The summed E-state index contributed by atoms with van der Waals surface area (Å²) < 4.78 is 2.49. The number of carbonyl (C=O) groups is 2. The second-order valence-electron chi connectivity index (χ2n) is 4.38. The normalized spacial score (nSPS) is 10.6. The third kappa shape index (κ3) is 4.08. The average molecular weight is 276 g/mol. The van der Waals surface area contributed by atoms with E-state index >= 15 is 0 Å². The maximum Gasteiger partial charge on any atom is 0.248 e. The van der Waals surface area contributed by atoms with Gasteiger partial charge in [0, 0.05) is 12.8 Å². The lowest BCUT2D eigenvalue weighted by Crippen LogP contribution is -2.11. The van der Waals surface area contributed by atoms with Crippen LogP contribution in [0.3, 0.4) is 0 Å². The van der Waals surface area contributed by atoms with Gasteiger partial charge in [0.2, 0.25) is 11.8 Å². The van der Waals surface area contributed by atoms with Gasteiger partial charge >= 0.3 is 0 Å². The summed E-state index contributed by atoms with van der Waals surface area (Å²) in [6.07, 6.45) is 9.77. The zero-order valence-corrected chi connectivity index (χ0v) is 11.1. The van der Waals surface area contributed by atoms with Gasteiger partial charge in [-0.2, -0.15) is 19.6 Å². The molecule has 0 amide bonds. The molecule has 0 atom stereocenters. The van der Waals surface area contributed by atoms with Gasteiger partial charge in [-0.25, -0.2) is 9.97 Å². The molecule has 2 heterocycles. The van der Waals surface area contributed by atoms with Crippen molar-refractivity contribution < 1.29 is 9.59 Å². The van der Waals surface area contributed by atoms with Crippen LogP contribution in [0.5, 0.6) is 0 Å². The highest BCUT2D eigenvalue weighted by atomic mass is 16.2. The zero-order chi connectivity index (χ0) is 14.2. The van der Waals surface area contributed by atoms with Crippen LogP contribution in [-0.4, -0.2) is 41.3 Å². The highest BCUT2D eigenvalue weighted by molar-refractivity contribution is 5.77. The van der Waals surface area contributed by atoms with E-state index in [2.05, 4.69) is 20.2 Å². The van der Waals surface area contributed by atoms with Crippen molar-refractivity contribution in [1.29, 1.82) is 0 Å². The molecule has 0 saturated carbocycles. The summed E-state index contributed by atoms with van der Waals surface area (Å²) in [4.78, 5) is 30.6. The van der Waals surface area contributed by atoms with Crippen molar-refractivity contribution in [2.24, 2.45) is 0 Å². The Labute approximate surface area is 115 Å². The molecule has 0 aliphatic carbocycles. The van der Waals surface area contributed by atoms with Crippen molar-refractivity contribution in [1.82, 2.24) is 29.5 Å². The molecule has 0 unspecified atom stereocenters. The highest BCUT2D eigenvalue weighted by Gasteiger charge is 2.06. The fourth-order valence-corrected chi connectivity index (χ4v) is 1.81. The first-order valence-electron chi connectivity index (χ1n) is 6.53. The number of aromatic nitrogens is 6. The van der Waals surface area contributed by atoms with Gasteiger partial charge in [0.05, 0.1) is 0 Å². The minimum Gasteiger partial charge on any atom is -0.273 e. The van der Waals surface area contributed by atoms with Crippen LogP contribution in [0, 0.1) is 0 Å². The summed E-state index contributed by atoms with van der Waals surface area (Å²) in [6, 6.07) is 0. The summed E-state index contributed by atoms with van der Waals surface area (Å²) in [6.45, 7) is 0. The fraction of sp³-hybridized carbons (Fsp3) is 0.500. The van der Waals surface area contributed by atoms with Crippen LogP contribution >= 0.6 is 0 Å². The quantitative estimate of drug-likeness (QED) is 0.705. The first-order valence-corrected chi connectivity index (χ1v) is 6.53. The standard InChI is InChI=1S/C12H16N6O2/c19-11(17-9-13-7-15-17)5-3-1-2-4-6-12(20)18-10-14-8-16-18/h7-10H,1-6H2. The Morgan fingerprint density at radius 1 is 0.750 bits per heavy atom. The second-order valence-corrected chi connectivity index (χ2v) is 4.38. The smallest absolute Gasteiger partial charge is 0.248 e. The summed E-state index contributed by atoms with van der Waals surface area (Å²) in [5, 5.41) is 7.56. The van der Waals surface area contributed by atoms with E-state index in [1.165, 1.54) is 34.7 Å². The lowest BCUT2D eigenvalue weighted by Gasteiger charge is -2.01. The maximum absolute atomic E-state index is 11.6. The third-order valence-corrected chi connectivity index (χ3v) is 2.88. The Balaban J connectivity index is 1.54. The van der Waals surface area contributed by atoms with Crippen molar-refractivity contribution in [3.8, 4) is 0 Å². The molecule has 0 bridgehead atoms. The van der Waals surface area contributed by atoms with Crippen molar-refractivity contribution in [2.45, 2.75) is 38.5 Å². The topological polar surface area (TPSA) is 95.6 Å². The van der Waals surface area contributed by atoms with Gasteiger partial charge in [0.25, 0.3) is 0 Å². The van der Waals surface area contributed by atoms with Gasteiger partial charge in [-0.1, -0.05) is 12.8 Å². The molecule has 106 valence electrons. The highest BCUT2D eigenvalue weighted by Crippen LogP contribution is 2.07. The molecule has 0 aliphatic rings. The van der Waals surface area contributed by atoms with Crippen LogP contribution in [0.1, 0.15) is 48.1 Å². The Kier molecular flexibility index (Phi) is 5.10. The van der Waals surface area contributed by atoms with E-state index in [0.717, 1.165) is 25.7 Å². The van der Waals surface area contributed by atoms with Crippen LogP contribution in [0.2, 0.25) is 0 Å². The molecule has 0 N–H and O–H groups in total. The minimum atomic E-state index is -0.0545. The largest absolute Gasteiger partial charge is 0.273 e.